The number of Topliss-reactive ketones (excluding diaryl/α,β-unsaturated/α-hetero) is 1. The first-order valence-electron chi connectivity index (χ1n) is 6.31. The van der Waals surface area contributed by atoms with Crippen LogP contribution in [0, 0.1) is 19.3 Å². The highest BCUT2D eigenvalue weighted by Gasteiger charge is 2.06. The lowest BCUT2D eigenvalue weighted by Crippen LogP contribution is -2.07. The summed E-state index contributed by atoms with van der Waals surface area (Å²) in [6.45, 7) is 2.03. The molecule has 0 aromatic heterocycles. The normalized spacial score (nSPS) is 9.89. The van der Waals surface area contributed by atoms with Crippen LogP contribution in [0.4, 0.5) is 0 Å². The highest BCUT2D eigenvalue weighted by molar-refractivity contribution is 5.83. The van der Waals surface area contributed by atoms with Gasteiger partial charge in [-0.15, -0.1) is 6.42 Å². The number of ketones is 1. The Labute approximate surface area is 114 Å². The molecule has 0 aliphatic rings. The van der Waals surface area contributed by atoms with Gasteiger partial charge in [-0.25, -0.2) is 0 Å². The number of terminal acetylenes is 1. The summed E-state index contributed by atoms with van der Waals surface area (Å²) in [5.74, 6) is 2.79. The van der Waals surface area contributed by atoms with E-state index in [1.165, 1.54) is 5.56 Å². The Balaban J connectivity index is 2.01. The number of carbonyl (C=O) groups is 1. The van der Waals surface area contributed by atoms with E-state index in [9.17, 15) is 4.79 Å². The van der Waals surface area contributed by atoms with Gasteiger partial charge in [-0.05, 0) is 35.7 Å². The van der Waals surface area contributed by atoms with Gasteiger partial charge in [0.2, 0.25) is 0 Å². The summed E-state index contributed by atoms with van der Waals surface area (Å²) in [6, 6.07) is 15.6. The van der Waals surface area contributed by atoms with Crippen LogP contribution in [0.5, 0.6) is 0 Å². The van der Waals surface area contributed by atoms with Crippen LogP contribution < -0.4 is 0 Å². The van der Waals surface area contributed by atoms with Crippen LogP contribution in [-0.4, -0.2) is 5.78 Å². The Bertz CT molecular complexity index is 615. The summed E-state index contributed by atoms with van der Waals surface area (Å²) in [6.07, 6.45) is 6.25. The van der Waals surface area contributed by atoms with Crippen molar-refractivity contribution in [1.82, 2.24) is 0 Å². The van der Waals surface area contributed by atoms with Crippen molar-refractivity contribution >= 4 is 5.78 Å². The lowest BCUT2D eigenvalue weighted by atomic mass is 9.99. The first-order valence-corrected chi connectivity index (χ1v) is 6.31. The molecule has 2 rings (SSSR count). The van der Waals surface area contributed by atoms with Gasteiger partial charge in [0.25, 0.3) is 0 Å². The van der Waals surface area contributed by atoms with Gasteiger partial charge in [-0.2, -0.15) is 0 Å². The molecular formula is C18H16O. The van der Waals surface area contributed by atoms with Crippen molar-refractivity contribution in [2.45, 2.75) is 19.8 Å². The minimum atomic E-state index is 0.225. The molecule has 0 aliphatic heterocycles. The Hall–Kier alpha value is -2.33. The second kappa shape index (κ2) is 6.02. The second-order valence-corrected chi connectivity index (χ2v) is 4.66. The van der Waals surface area contributed by atoms with Crippen molar-refractivity contribution in [2.24, 2.45) is 0 Å². The molecule has 0 aliphatic carbocycles. The zero-order valence-corrected chi connectivity index (χ0v) is 11.0. The van der Waals surface area contributed by atoms with Gasteiger partial charge in [0, 0.05) is 18.4 Å². The minimum absolute atomic E-state index is 0.225. The monoisotopic (exact) mass is 248 g/mol. The molecule has 0 N–H and O–H groups in total. The summed E-state index contributed by atoms with van der Waals surface area (Å²) in [7, 11) is 0. The molecule has 0 saturated carbocycles. The predicted molar refractivity (Wildman–Crippen MR) is 78.0 cm³/mol. The van der Waals surface area contributed by atoms with Crippen molar-refractivity contribution in [3.05, 3.63) is 70.8 Å². The van der Waals surface area contributed by atoms with E-state index in [1.54, 1.807) is 0 Å². The van der Waals surface area contributed by atoms with Crippen LogP contribution in [-0.2, 0) is 17.6 Å². The van der Waals surface area contributed by atoms with Crippen molar-refractivity contribution in [3.63, 3.8) is 0 Å². The van der Waals surface area contributed by atoms with E-state index in [1.807, 2.05) is 55.5 Å². The minimum Gasteiger partial charge on any atom is -0.299 e. The number of hydrogen-bond acceptors (Lipinski definition) is 1. The molecule has 0 unspecified atom stereocenters. The molecule has 19 heavy (non-hydrogen) atoms. The Kier molecular flexibility index (Phi) is 4.15. The van der Waals surface area contributed by atoms with Crippen LogP contribution in [0.3, 0.4) is 0 Å². The predicted octanol–water partition coefficient (Wildman–Crippen LogP) is 3.33. The molecule has 0 heterocycles. The molecular weight excluding hydrogens is 232 g/mol. The van der Waals surface area contributed by atoms with Gasteiger partial charge in [-0.3, -0.25) is 4.79 Å². The first kappa shape index (κ1) is 13.1. The zero-order valence-electron chi connectivity index (χ0n) is 11.0. The molecule has 0 saturated heterocycles. The van der Waals surface area contributed by atoms with Gasteiger partial charge in [0.05, 0.1) is 0 Å². The molecule has 0 fully saturated rings. The Morgan fingerprint density at radius 2 is 1.74 bits per heavy atom. The zero-order chi connectivity index (χ0) is 13.7. The van der Waals surface area contributed by atoms with Crippen LogP contribution in [0.25, 0.3) is 0 Å². The van der Waals surface area contributed by atoms with Gasteiger partial charge in [0.15, 0.2) is 0 Å². The summed E-state index contributed by atoms with van der Waals surface area (Å²) in [5.41, 5.74) is 4.12. The topological polar surface area (TPSA) is 17.1 Å². The summed E-state index contributed by atoms with van der Waals surface area (Å²) < 4.78 is 0. The van der Waals surface area contributed by atoms with Crippen molar-refractivity contribution in [2.75, 3.05) is 0 Å². The molecule has 0 atom stereocenters. The third kappa shape index (κ3) is 3.56. The molecule has 0 radical (unpaired) electrons. The van der Waals surface area contributed by atoms with Crippen molar-refractivity contribution in [1.29, 1.82) is 0 Å². The number of aryl methyl sites for hydroxylation is 1. The maximum absolute atomic E-state index is 12.0. The number of hydrogen-bond donors (Lipinski definition) is 0. The fourth-order valence-corrected chi connectivity index (χ4v) is 2.03. The van der Waals surface area contributed by atoms with Crippen molar-refractivity contribution in [3.8, 4) is 12.3 Å². The summed E-state index contributed by atoms with van der Waals surface area (Å²) in [5, 5.41) is 0. The fraction of sp³-hybridized carbons (Fsp3) is 0.167. The lowest BCUT2D eigenvalue weighted by Gasteiger charge is -2.05. The molecule has 94 valence electrons. The van der Waals surface area contributed by atoms with E-state index in [-0.39, 0.29) is 5.78 Å². The maximum Gasteiger partial charge on any atom is 0.141 e. The summed E-state index contributed by atoms with van der Waals surface area (Å²) >= 11 is 0. The van der Waals surface area contributed by atoms with Crippen LogP contribution in [0.2, 0.25) is 0 Å². The van der Waals surface area contributed by atoms with Crippen LogP contribution in [0.1, 0.15) is 22.3 Å². The molecule has 0 amide bonds. The first-order chi connectivity index (χ1) is 9.19. The quantitative estimate of drug-likeness (QED) is 0.758. The van der Waals surface area contributed by atoms with Gasteiger partial charge < -0.3 is 0 Å². The molecule has 0 spiro atoms. The van der Waals surface area contributed by atoms with E-state index < -0.39 is 0 Å². The van der Waals surface area contributed by atoms with Crippen LogP contribution >= 0.6 is 0 Å². The van der Waals surface area contributed by atoms with E-state index in [4.69, 9.17) is 6.42 Å². The largest absolute Gasteiger partial charge is 0.299 e. The Morgan fingerprint density at radius 1 is 1.05 bits per heavy atom. The SMILES string of the molecule is C#Cc1ccc(CC(=O)Cc2ccccc2C)cc1. The van der Waals surface area contributed by atoms with E-state index in [2.05, 4.69) is 5.92 Å². The van der Waals surface area contributed by atoms with Gasteiger partial charge >= 0.3 is 0 Å². The Morgan fingerprint density at radius 3 is 2.37 bits per heavy atom. The fourth-order valence-electron chi connectivity index (χ4n) is 2.03. The molecule has 2 aromatic carbocycles. The average molecular weight is 248 g/mol. The van der Waals surface area contributed by atoms with Gasteiger partial charge in [-0.1, -0.05) is 42.3 Å². The summed E-state index contributed by atoms with van der Waals surface area (Å²) in [4.78, 5) is 12.0. The average Bonchev–Trinajstić information content (AvgIpc) is 2.42. The van der Waals surface area contributed by atoms with Crippen molar-refractivity contribution < 1.29 is 4.79 Å². The van der Waals surface area contributed by atoms with E-state index >= 15 is 0 Å². The number of benzene rings is 2. The standard InChI is InChI=1S/C18H16O/c1-3-15-8-10-16(11-9-15)12-18(19)13-17-7-5-4-6-14(17)2/h1,4-11H,12-13H2,2H3. The highest BCUT2D eigenvalue weighted by atomic mass is 16.1. The van der Waals surface area contributed by atoms with Gasteiger partial charge in [0.1, 0.15) is 5.78 Å². The molecule has 0 bridgehead atoms. The smallest absolute Gasteiger partial charge is 0.141 e. The lowest BCUT2D eigenvalue weighted by molar-refractivity contribution is -0.117. The molecule has 1 heteroatoms. The maximum atomic E-state index is 12.0. The molecule has 1 nitrogen and oxygen atoms in total. The van der Waals surface area contributed by atoms with E-state index in [0.29, 0.717) is 12.8 Å². The van der Waals surface area contributed by atoms with Crippen LogP contribution in [0.15, 0.2) is 48.5 Å². The molecule has 2 aromatic rings. The second-order valence-electron chi connectivity index (χ2n) is 4.66. The van der Waals surface area contributed by atoms with E-state index in [0.717, 1.165) is 16.7 Å². The third-order valence-electron chi connectivity index (χ3n) is 3.17. The highest BCUT2D eigenvalue weighted by Crippen LogP contribution is 2.11. The third-order valence-corrected chi connectivity index (χ3v) is 3.17. The number of rotatable bonds is 4. The number of carbonyl (C=O) groups excluding carboxylic acids is 1.